The molecule has 0 radical (unpaired) electrons. The summed E-state index contributed by atoms with van der Waals surface area (Å²) in [7, 11) is 2.18. The third kappa shape index (κ3) is 1.78. The lowest BCUT2D eigenvalue weighted by Gasteiger charge is -2.41. The van der Waals surface area contributed by atoms with E-state index in [1.807, 2.05) is 12.1 Å². The maximum atomic E-state index is 11.2. The molecule has 18 heavy (non-hydrogen) atoms. The van der Waals surface area contributed by atoms with E-state index in [0.717, 1.165) is 12.3 Å². The zero-order chi connectivity index (χ0) is 12.9. The molecule has 3 heteroatoms. The first kappa shape index (κ1) is 11.6. The number of fused-ring (bicyclic) bond motifs is 1. The Morgan fingerprint density at radius 2 is 2.11 bits per heavy atom. The van der Waals surface area contributed by atoms with Crippen LogP contribution in [0.15, 0.2) is 18.2 Å². The normalized spacial score (nSPS) is 26.9. The van der Waals surface area contributed by atoms with Gasteiger partial charge in [-0.1, -0.05) is 6.92 Å². The van der Waals surface area contributed by atoms with Crippen molar-refractivity contribution in [2.24, 2.45) is 17.6 Å². The van der Waals surface area contributed by atoms with E-state index in [1.165, 1.54) is 24.1 Å². The third-order valence-corrected chi connectivity index (χ3v) is 4.42. The van der Waals surface area contributed by atoms with Crippen molar-refractivity contribution in [3.63, 3.8) is 0 Å². The molecule has 0 spiro atoms. The summed E-state index contributed by atoms with van der Waals surface area (Å²) in [5.41, 5.74) is 8.51. The number of carbonyl (C=O) groups is 1. The number of nitrogens with two attached hydrogens (primary N) is 1. The number of hydrogen-bond acceptors (Lipinski definition) is 2. The predicted octanol–water partition coefficient (Wildman–Crippen LogP) is 2.19. The Bertz CT molecular complexity index is 493. The van der Waals surface area contributed by atoms with E-state index in [1.54, 1.807) is 0 Å². The van der Waals surface area contributed by atoms with Crippen molar-refractivity contribution in [2.45, 2.75) is 32.2 Å². The van der Waals surface area contributed by atoms with Crippen LogP contribution >= 0.6 is 0 Å². The number of anilines is 1. The highest BCUT2D eigenvalue weighted by Crippen LogP contribution is 2.44. The Morgan fingerprint density at radius 3 is 2.72 bits per heavy atom. The topological polar surface area (TPSA) is 46.3 Å². The number of carbonyl (C=O) groups excluding carboxylic acids is 1. The average Bonchev–Trinajstić information content (AvgIpc) is 3.12. The van der Waals surface area contributed by atoms with Gasteiger partial charge in [-0.3, -0.25) is 4.79 Å². The fourth-order valence-corrected chi connectivity index (χ4v) is 3.47. The van der Waals surface area contributed by atoms with Gasteiger partial charge in [0.1, 0.15) is 0 Å². The summed E-state index contributed by atoms with van der Waals surface area (Å²) in [5.74, 6) is 1.18. The molecule has 1 unspecified atom stereocenters. The second-order valence-corrected chi connectivity index (χ2v) is 5.83. The lowest BCUT2D eigenvalue weighted by molar-refractivity contribution is 0.1000. The molecular formula is C15H20N2O. The summed E-state index contributed by atoms with van der Waals surface area (Å²) in [5, 5.41) is 0. The van der Waals surface area contributed by atoms with Crippen molar-refractivity contribution < 1.29 is 4.79 Å². The summed E-state index contributed by atoms with van der Waals surface area (Å²) in [6.45, 7) is 2.32. The molecule has 3 nitrogen and oxygen atoms in total. The molecule has 1 aromatic carbocycles. The first-order valence-corrected chi connectivity index (χ1v) is 6.73. The molecule has 1 aromatic rings. The Hall–Kier alpha value is -1.51. The first-order chi connectivity index (χ1) is 8.58. The zero-order valence-electron chi connectivity index (χ0n) is 11.0. The van der Waals surface area contributed by atoms with Crippen LogP contribution in [0.3, 0.4) is 0 Å². The van der Waals surface area contributed by atoms with Crippen LogP contribution in [0, 0.1) is 11.8 Å². The van der Waals surface area contributed by atoms with Crippen LogP contribution < -0.4 is 10.6 Å². The highest BCUT2D eigenvalue weighted by atomic mass is 16.1. The van der Waals surface area contributed by atoms with E-state index in [4.69, 9.17) is 5.73 Å². The number of benzene rings is 1. The van der Waals surface area contributed by atoms with Crippen molar-refractivity contribution in [3.8, 4) is 0 Å². The van der Waals surface area contributed by atoms with Crippen molar-refractivity contribution in [2.75, 3.05) is 11.9 Å². The fraction of sp³-hybridized carbons (Fsp3) is 0.533. The average molecular weight is 244 g/mol. The summed E-state index contributed by atoms with van der Waals surface area (Å²) >= 11 is 0. The molecular weight excluding hydrogens is 224 g/mol. The van der Waals surface area contributed by atoms with Gasteiger partial charge in [-0.15, -0.1) is 0 Å². The Balaban J connectivity index is 1.98. The van der Waals surface area contributed by atoms with Gasteiger partial charge in [-0.05, 0) is 54.9 Å². The number of hydrogen-bond donors (Lipinski definition) is 1. The van der Waals surface area contributed by atoms with Crippen LogP contribution in [0.5, 0.6) is 0 Å². The molecule has 1 aliphatic carbocycles. The van der Waals surface area contributed by atoms with Crippen LogP contribution in [0.25, 0.3) is 0 Å². The monoisotopic (exact) mass is 244 g/mol. The molecule has 1 saturated carbocycles. The molecule has 2 aliphatic rings. The van der Waals surface area contributed by atoms with Gasteiger partial charge in [-0.25, -0.2) is 0 Å². The van der Waals surface area contributed by atoms with Crippen molar-refractivity contribution in [1.82, 2.24) is 0 Å². The van der Waals surface area contributed by atoms with E-state index in [9.17, 15) is 4.79 Å². The molecule has 96 valence electrons. The predicted molar refractivity (Wildman–Crippen MR) is 72.7 cm³/mol. The van der Waals surface area contributed by atoms with Gasteiger partial charge in [0, 0.05) is 24.3 Å². The van der Waals surface area contributed by atoms with E-state index >= 15 is 0 Å². The minimum atomic E-state index is -0.336. The number of rotatable bonds is 2. The molecule has 3 rings (SSSR count). The number of primary amides is 1. The lowest BCUT2D eigenvalue weighted by Crippen LogP contribution is -2.43. The Labute approximate surface area is 108 Å². The molecule has 0 aromatic heterocycles. The third-order valence-electron chi connectivity index (χ3n) is 4.42. The summed E-state index contributed by atoms with van der Waals surface area (Å²) in [6.07, 6.45) is 3.80. The van der Waals surface area contributed by atoms with Crippen LogP contribution in [-0.2, 0) is 6.42 Å². The minimum absolute atomic E-state index is 0.336. The van der Waals surface area contributed by atoms with Gasteiger partial charge in [0.2, 0.25) is 5.91 Å². The number of nitrogens with zero attached hydrogens (tertiary/aromatic N) is 1. The second kappa shape index (κ2) is 4.01. The second-order valence-electron chi connectivity index (χ2n) is 5.83. The van der Waals surface area contributed by atoms with Crippen molar-refractivity contribution >= 4 is 11.6 Å². The first-order valence-electron chi connectivity index (χ1n) is 6.73. The highest BCUT2D eigenvalue weighted by molar-refractivity contribution is 5.93. The van der Waals surface area contributed by atoms with E-state index < -0.39 is 0 Å². The van der Waals surface area contributed by atoms with E-state index in [-0.39, 0.29) is 5.91 Å². The standard InChI is InChI=1S/C15H20N2O/c1-9-7-12-8-11(15(16)18)5-6-13(12)17(2)14(9)10-3-4-10/h5-6,8-10,14H,3-4,7H2,1-2H3,(H2,16,18)/t9?,14-/m1/s1. The SMILES string of the molecule is CC1Cc2cc(C(N)=O)ccc2N(C)[C@H]1C1CC1. The molecule has 1 heterocycles. The zero-order valence-corrected chi connectivity index (χ0v) is 11.0. The van der Waals surface area contributed by atoms with Gasteiger partial charge >= 0.3 is 0 Å². The van der Waals surface area contributed by atoms with Crippen LogP contribution in [0.1, 0.15) is 35.7 Å². The molecule has 2 N–H and O–H groups in total. The number of amides is 1. The Morgan fingerprint density at radius 1 is 1.39 bits per heavy atom. The van der Waals surface area contributed by atoms with Gasteiger partial charge in [0.25, 0.3) is 0 Å². The largest absolute Gasteiger partial charge is 0.371 e. The van der Waals surface area contributed by atoms with Gasteiger partial charge in [-0.2, -0.15) is 0 Å². The summed E-state index contributed by atoms with van der Waals surface area (Å²) in [6, 6.07) is 6.53. The smallest absolute Gasteiger partial charge is 0.248 e. The maximum absolute atomic E-state index is 11.2. The molecule has 1 amide bonds. The molecule has 0 bridgehead atoms. The van der Waals surface area contributed by atoms with Crippen molar-refractivity contribution in [1.29, 1.82) is 0 Å². The summed E-state index contributed by atoms with van der Waals surface area (Å²) < 4.78 is 0. The van der Waals surface area contributed by atoms with E-state index in [0.29, 0.717) is 17.5 Å². The van der Waals surface area contributed by atoms with Crippen LogP contribution in [0.4, 0.5) is 5.69 Å². The molecule has 2 atom stereocenters. The minimum Gasteiger partial charge on any atom is -0.371 e. The molecule has 1 aliphatic heterocycles. The molecule has 0 saturated heterocycles. The lowest BCUT2D eigenvalue weighted by atomic mass is 9.84. The summed E-state index contributed by atoms with van der Waals surface area (Å²) in [4.78, 5) is 13.6. The van der Waals surface area contributed by atoms with Crippen LogP contribution in [-0.4, -0.2) is 19.0 Å². The van der Waals surface area contributed by atoms with E-state index in [2.05, 4.69) is 24.9 Å². The van der Waals surface area contributed by atoms with Crippen LogP contribution in [0.2, 0.25) is 0 Å². The Kier molecular flexibility index (Phi) is 2.58. The van der Waals surface area contributed by atoms with Gasteiger partial charge in [0.15, 0.2) is 0 Å². The van der Waals surface area contributed by atoms with Gasteiger partial charge in [0.05, 0.1) is 0 Å². The quantitative estimate of drug-likeness (QED) is 0.867. The highest BCUT2D eigenvalue weighted by Gasteiger charge is 2.40. The maximum Gasteiger partial charge on any atom is 0.248 e. The van der Waals surface area contributed by atoms with Crippen molar-refractivity contribution in [3.05, 3.63) is 29.3 Å². The van der Waals surface area contributed by atoms with Gasteiger partial charge < -0.3 is 10.6 Å². The molecule has 1 fully saturated rings. The fourth-order valence-electron chi connectivity index (χ4n) is 3.47.